The summed E-state index contributed by atoms with van der Waals surface area (Å²) in [5.41, 5.74) is 1.06. The normalized spacial score (nSPS) is 11.7. The van der Waals surface area contributed by atoms with Gasteiger partial charge in [0.25, 0.3) is 0 Å². The van der Waals surface area contributed by atoms with E-state index in [4.69, 9.17) is 5.11 Å². The van der Waals surface area contributed by atoms with Crippen LogP contribution in [0.4, 0.5) is 0 Å². The molecule has 1 aromatic rings. The third kappa shape index (κ3) is 4.02. The number of hydrogen-bond acceptors (Lipinski definition) is 3. The monoisotopic (exact) mass is 225 g/mol. The van der Waals surface area contributed by atoms with Gasteiger partial charge in [0.15, 0.2) is 0 Å². The van der Waals surface area contributed by atoms with Crippen LogP contribution < -0.4 is 5.32 Å². The highest BCUT2D eigenvalue weighted by molar-refractivity contribution is 5.66. The quantitative estimate of drug-likeness (QED) is 0.739. The van der Waals surface area contributed by atoms with E-state index in [2.05, 4.69) is 31.2 Å². The lowest BCUT2D eigenvalue weighted by molar-refractivity contribution is -0.136. The fourth-order valence-electron chi connectivity index (χ4n) is 1.25. The number of rotatable bonds is 5. The first-order chi connectivity index (χ1) is 7.39. The van der Waals surface area contributed by atoms with E-state index in [1.807, 2.05) is 10.9 Å². The molecule has 1 rings (SSSR count). The lowest BCUT2D eigenvalue weighted by Gasteiger charge is -2.18. The van der Waals surface area contributed by atoms with Crippen LogP contribution in [0.15, 0.2) is 12.4 Å². The van der Waals surface area contributed by atoms with E-state index in [1.54, 1.807) is 6.20 Å². The molecule has 0 aliphatic rings. The molecule has 0 aromatic carbocycles. The first-order valence-electron chi connectivity index (χ1n) is 5.36. The Morgan fingerprint density at radius 2 is 2.25 bits per heavy atom. The van der Waals surface area contributed by atoms with E-state index in [9.17, 15) is 4.79 Å². The van der Waals surface area contributed by atoms with E-state index in [-0.39, 0.29) is 12.0 Å². The molecule has 5 nitrogen and oxygen atoms in total. The Balaban J connectivity index is 2.38. The molecule has 0 atom stereocenters. The zero-order chi connectivity index (χ0) is 12.2. The first-order valence-corrected chi connectivity index (χ1v) is 5.36. The van der Waals surface area contributed by atoms with Crippen molar-refractivity contribution in [2.75, 3.05) is 6.54 Å². The summed E-state index contributed by atoms with van der Waals surface area (Å²) in [7, 11) is 0. The van der Waals surface area contributed by atoms with Crippen LogP contribution in [0, 0.1) is 0 Å². The predicted molar refractivity (Wildman–Crippen MR) is 61.2 cm³/mol. The van der Waals surface area contributed by atoms with Crippen molar-refractivity contribution >= 4 is 5.97 Å². The van der Waals surface area contributed by atoms with Crippen LogP contribution in [0.25, 0.3) is 0 Å². The second-order valence-corrected chi connectivity index (χ2v) is 4.78. The van der Waals surface area contributed by atoms with Crippen LogP contribution >= 0.6 is 0 Å². The van der Waals surface area contributed by atoms with Crippen molar-refractivity contribution in [3.63, 3.8) is 0 Å². The SMILES string of the molecule is CC(C)(C)n1cc(CNCCC(=O)O)cn1. The molecule has 0 aliphatic heterocycles. The molecule has 0 aliphatic carbocycles. The van der Waals surface area contributed by atoms with Crippen molar-refractivity contribution in [2.24, 2.45) is 0 Å². The predicted octanol–water partition coefficient (Wildman–Crippen LogP) is 1.20. The molecular formula is C11H19N3O2. The second kappa shape index (κ2) is 5.12. The van der Waals surface area contributed by atoms with Crippen molar-refractivity contribution in [2.45, 2.75) is 39.3 Å². The maximum absolute atomic E-state index is 10.3. The molecule has 2 N–H and O–H groups in total. The number of carboxylic acid groups (broad SMARTS) is 1. The van der Waals surface area contributed by atoms with Crippen molar-refractivity contribution in [1.29, 1.82) is 0 Å². The molecule has 0 amide bonds. The van der Waals surface area contributed by atoms with E-state index in [0.29, 0.717) is 13.1 Å². The van der Waals surface area contributed by atoms with E-state index in [0.717, 1.165) is 5.56 Å². The number of nitrogens with one attached hydrogen (secondary N) is 1. The van der Waals surface area contributed by atoms with Crippen LogP contribution in [-0.2, 0) is 16.9 Å². The molecule has 0 unspecified atom stereocenters. The Morgan fingerprint density at radius 3 is 2.75 bits per heavy atom. The fraction of sp³-hybridized carbons (Fsp3) is 0.636. The minimum atomic E-state index is -0.780. The number of aromatic nitrogens is 2. The Hall–Kier alpha value is -1.36. The maximum atomic E-state index is 10.3. The van der Waals surface area contributed by atoms with Gasteiger partial charge in [-0.2, -0.15) is 5.10 Å². The smallest absolute Gasteiger partial charge is 0.304 e. The van der Waals surface area contributed by atoms with Gasteiger partial charge in [-0.1, -0.05) is 0 Å². The van der Waals surface area contributed by atoms with Gasteiger partial charge in [-0.3, -0.25) is 9.48 Å². The zero-order valence-corrected chi connectivity index (χ0v) is 10.0. The largest absolute Gasteiger partial charge is 0.481 e. The zero-order valence-electron chi connectivity index (χ0n) is 10.0. The van der Waals surface area contributed by atoms with Gasteiger partial charge >= 0.3 is 5.97 Å². The third-order valence-corrected chi connectivity index (χ3v) is 2.17. The Bertz CT molecular complexity index is 352. The Morgan fingerprint density at radius 1 is 1.56 bits per heavy atom. The van der Waals surface area contributed by atoms with Crippen LogP contribution in [-0.4, -0.2) is 27.4 Å². The van der Waals surface area contributed by atoms with Crippen LogP contribution in [0.3, 0.4) is 0 Å². The molecule has 1 heterocycles. The van der Waals surface area contributed by atoms with Gasteiger partial charge in [-0.05, 0) is 20.8 Å². The summed E-state index contributed by atoms with van der Waals surface area (Å²) in [6.45, 7) is 7.39. The molecular weight excluding hydrogens is 206 g/mol. The van der Waals surface area contributed by atoms with E-state index >= 15 is 0 Å². The summed E-state index contributed by atoms with van der Waals surface area (Å²) in [5.74, 6) is -0.780. The van der Waals surface area contributed by atoms with E-state index < -0.39 is 5.97 Å². The lowest BCUT2D eigenvalue weighted by Crippen LogP contribution is -2.22. The Labute approximate surface area is 95.5 Å². The van der Waals surface area contributed by atoms with Gasteiger partial charge < -0.3 is 10.4 Å². The van der Waals surface area contributed by atoms with Gasteiger partial charge in [0.1, 0.15) is 0 Å². The van der Waals surface area contributed by atoms with E-state index in [1.165, 1.54) is 0 Å². The molecule has 0 fully saturated rings. The van der Waals surface area contributed by atoms with Gasteiger partial charge in [-0.15, -0.1) is 0 Å². The molecule has 0 saturated carbocycles. The van der Waals surface area contributed by atoms with Crippen LogP contribution in [0.5, 0.6) is 0 Å². The highest BCUT2D eigenvalue weighted by Crippen LogP contribution is 2.12. The minimum Gasteiger partial charge on any atom is -0.481 e. The number of carbonyl (C=O) groups is 1. The fourth-order valence-corrected chi connectivity index (χ4v) is 1.25. The molecule has 1 aromatic heterocycles. The van der Waals surface area contributed by atoms with Gasteiger partial charge in [0.2, 0.25) is 0 Å². The van der Waals surface area contributed by atoms with Gasteiger partial charge in [-0.25, -0.2) is 0 Å². The highest BCUT2D eigenvalue weighted by Gasteiger charge is 2.13. The number of carboxylic acids is 1. The highest BCUT2D eigenvalue weighted by atomic mass is 16.4. The average Bonchev–Trinajstić information content (AvgIpc) is 2.59. The van der Waals surface area contributed by atoms with Crippen molar-refractivity contribution < 1.29 is 9.90 Å². The maximum Gasteiger partial charge on any atom is 0.304 e. The van der Waals surface area contributed by atoms with Crippen molar-refractivity contribution in [3.8, 4) is 0 Å². The summed E-state index contributed by atoms with van der Waals surface area (Å²) in [6.07, 6.45) is 3.93. The summed E-state index contributed by atoms with van der Waals surface area (Å²) < 4.78 is 1.90. The van der Waals surface area contributed by atoms with Crippen molar-refractivity contribution in [3.05, 3.63) is 18.0 Å². The molecule has 0 bridgehead atoms. The molecule has 0 saturated heterocycles. The number of nitrogens with zero attached hydrogens (tertiary/aromatic N) is 2. The van der Waals surface area contributed by atoms with Gasteiger partial charge in [0.05, 0.1) is 18.2 Å². The topological polar surface area (TPSA) is 67.2 Å². The molecule has 0 radical (unpaired) electrons. The van der Waals surface area contributed by atoms with Gasteiger partial charge in [0, 0.05) is 24.8 Å². The first kappa shape index (κ1) is 12.7. The number of aliphatic carboxylic acids is 1. The molecule has 5 heteroatoms. The second-order valence-electron chi connectivity index (χ2n) is 4.78. The minimum absolute atomic E-state index is 0.0146. The molecule has 0 spiro atoms. The van der Waals surface area contributed by atoms with Crippen LogP contribution in [0.2, 0.25) is 0 Å². The lowest BCUT2D eigenvalue weighted by atomic mass is 10.1. The number of hydrogen-bond donors (Lipinski definition) is 2. The molecule has 90 valence electrons. The Kier molecular flexibility index (Phi) is 4.06. The average molecular weight is 225 g/mol. The standard InChI is InChI=1S/C11H19N3O2/c1-11(2,3)14-8-9(7-13-14)6-12-5-4-10(15)16/h7-8,12H,4-6H2,1-3H3,(H,15,16). The summed E-state index contributed by atoms with van der Waals surface area (Å²) >= 11 is 0. The molecule has 16 heavy (non-hydrogen) atoms. The van der Waals surface area contributed by atoms with Crippen LogP contribution in [0.1, 0.15) is 32.8 Å². The van der Waals surface area contributed by atoms with Crippen molar-refractivity contribution in [1.82, 2.24) is 15.1 Å². The third-order valence-electron chi connectivity index (χ3n) is 2.17. The summed E-state index contributed by atoms with van der Waals surface area (Å²) in [5, 5.41) is 15.8. The summed E-state index contributed by atoms with van der Waals surface area (Å²) in [6, 6.07) is 0. The summed E-state index contributed by atoms with van der Waals surface area (Å²) in [4.78, 5) is 10.3.